The van der Waals surface area contributed by atoms with Crippen LogP contribution in [0.2, 0.25) is 0 Å². The number of halogens is 6. The molecule has 1 aliphatic heterocycles. The van der Waals surface area contributed by atoms with Crippen molar-refractivity contribution in [2.24, 2.45) is 11.3 Å². The van der Waals surface area contributed by atoms with E-state index in [0.29, 0.717) is 11.8 Å². The van der Waals surface area contributed by atoms with Crippen LogP contribution in [0.15, 0.2) is 18.2 Å². The van der Waals surface area contributed by atoms with Crippen LogP contribution >= 0.6 is 0 Å². The fraction of sp³-hybridized carbons (Fsp3) is 0.652. The molecule has 11 heteroatoms. The summed E-state index contributed by atoms with van der Waals surface area (Å²) in [4.78, 5) is 23.7. The van der Waals surface area contributed by atoms with Gasteiger partial charge in [0.2, 0.25) is 12.3 Å². The van der Waals surface area contributed by atoms with Crippen molar-refractivity contribution in [3.8, 4) is 0 Å². The van der Waals surface area contributed by atoms with Gasteiger partial charge in [-0.1, -0.05) is 19.8 Å². The number of nitrogens with one attached hydrogen (secondary N) is 2. The van der Waals surface area contributed by atoms with Gasteiger partial charge in [0.25, 0.3) is 6.43 Å². The Bertz CT molecular complexity index is 872. The average molecular weight is 493 g/mol. The Morgan fingerprint density at radius 1 is 1.15 bits per heavy atom. The van der Waals surface area contributed by atoms with E-state index in [2.05, 4.69) is 17.6 Å². The quantitative estimate of drug-likeness (QED) is 0.431. The SMILES string of the molecule is CC1CCC2(CC1)CN(CC(=O)NC1(C(F)(F)F)CC1)C2.O=CNc1cc(F)cc(C(F)F)c1. The van der Waals surface area contributed by atoms with Crippen molar-refractivity contribution in [1.82, 2.24) is 10.2 Å². The molecule has 5 nitrogen and oxygen atoms in total. The van der Waals surface area contributed by atoms with Gasteiger partial charge in [0.15, 0.2) is 0 Å². The fourth-order valence-corrected chi connectivity index (χ4v) is 4.71. The standard InChI is InChI=1S/C15H23F3N2O.C8H6F3NO/c1-11-2-4-13(5-3-11)9-20(10-13)8-12(21)19-14(6-7-14)15(16,17)18;9-6-1-5(8(10)11)2-7(3-6)12-4-13/h11H,2-10H2,1H3,(H,19,21);1-4,8H,(H,12,13). The maximum absolute atomic E-state index is 12.8. The molecule has 1 spiro atoms. The molecule has 0 aromatic heterocycles. The Labute approximate surface area is 194 Å². The van der Waals surface area contributed by atoms with E-state index in [1.165, 1.54) is 25.7 Å². The van der Waals surface area contributed by atoms with Gasteiger partial charge in [-0.2, -0.15) is 13.2 Å². The van der Waals surface area contributed by atoms with Crippen LogP contribution in [0.5, 0.6) is 0 Å². The number of carbonyl (C=O) groups is 2. The van der Waals surface area contributed by atoms with E-state index in [9.17, 15) is 35.9 Å². The minimum atomic E-state index is -4.32. The summed E-state index contributed by atoms with van der Waals surface area (Å²) in [7, 11) is 0. The highest BCUT2D eigenvalue weighted by Crippen LogP contribution is 2.49. The minimum absolute atomic E-state index is 0.0179. The first-order chi connectivity index (χ1) is 15.9. The van der Waals surface area contributed by atoms with Crippen molar-refractivity contribution in [3.05, 3.63) is 29.6 Å². The third kappa shape index (κ3) is 6.43. The molecule has 1 saturated heterocycles. The molecule has 2 saturated carbocycles. The summed E-state index contributed by atoms with van der Waals surface area (Å²) in [5, 5.41) is 4.29. The van der Waals surface area contributed by atoms with Crippen molar-refractivity contribution in [2.45, 2.75) is 63.6 Å². The molecule has 2 amide bonds. The fourth-order valence-electron chi connectivity index (χ4n) is 4.71. The summed E-state index contributed by atoms with van der Waals surface area (Å²) >= 11 is 0. The molecule has 0 bridgehead atoms. The number of benzene rings is 1. The first-order valence-electron chi connectivity index (χ1n) is 11.3. The zero-order valence-electron chi connectivity index (χ0n) is 18.9. The Morgan fingerprint density at radius 2 is 1.76 bits per heavy atom. The smallest absolute Gasteiger partial charge is 0.341 e. The summed E-state index contributed by atoms with van der Waals surface area (Å²) in [6.45, 7) is 4.11. The lowest BCUT2D eigenvalue weighted by Crippen LogP contribution is -2.60. The summed E-state index contributed by atoms with van der Waals surface area (Å²) < 4.78 is 75.1. The third-order valence-corrected chi connectivity index (χ3v) is 6.89. The molecular formula is C23H29F6N3O2. The molecule has 4 rings (SSSR count). The highest BCUT2D eigenvalue weighted by Gasteiger charge is 2.64. The number of carbonyl (C=O) groups excluding carboxylic acids is 2. The van der Waals surface area contributed by atoms with E-state index in [-0.39, 0.29) is 25.1 Å². The lowest BCUT2D eigenvalue weighted by Gasteiger charge is -2.53. The van der Waals surface area contributed by atoms with Crippen LogP contribution in [-0.2, 0) is 9.59 Å². The van der Waals surface area contributed by atoms with Crippen LogP contribution in [0.3, 0.4) is 0 Å². The molecule has 1 aromatic rings. The molecule has 34 heavy (non-hydrogen) atoms. The van der Waals surface area contributed by atoms with Crippen molar-refractivity contribution >= 4 is 18.0 Å². The number of likely N-dealkylation sites (tertiary alicyclic amines) is 1. The number of rotatable bonds is 6. The summed E-state index contributed by atoms with van der Waals surface area (Å²) in [6.07, 6.45) is -1.88. The zero-order valence-corrected chi connectivity index (χ0v) is 18.9. The van der Waals surface area contributed by atoms with Gasteiger partial charge >= 0.3 is 6.18 Å². The molecule has 190 valence electrons. The van der Waals surface area contributed by atoms with E-state index in [4.69, 9.17) is 0 Å². The first kappa shape index (κ1) is 26.3. The Hall–Kier alpha value is -2.30. The summed E-state index contributed by atoms with van der Waals surface area (Å²) in [5.41, 5.74) is -2.02. The van der Waals surface area contributed by atoms with Gasteiger partial charge in [-0.15, -0.1) is 0 Å². The maximum atomic E-state index is 12.8. The van der Waals surface area contributed by atoms with Gasteiger partial charge in [-0.25, -0.2) is 13.2 Å². The highest BCUT2D eigenvalue weighted by molar-refractivity contribution is 5.79. The van der Waals surface area contributed by atoms with Crippen LogP contribution in [0.4, 0.5) is 32.0 Å². The molecule has 1 heterocycles. The van der Waals surface area contributed by atoms with Crippen molar-refractivity contribution in [2.75, 3.05) is 25.0 Å². The van der Waals surface area contributed by atoms with Gasteiger partial charge in [-0.05, 0) is 55.2 Å². The predicted octanol–water partition coefficient (Wildman–Crippen LogP) is 5.04. The number of amides is 2. The second-order valence-corrected chi connectivity index (χ2v) is 9.79. The van der Waals surface area contributed by atoms with Gasteiger partial charge in [0.1, 0.15) is 11.4 Å². The highest BCUT2D eigenvalue weighted by atomic mass is 19.4. The Morgan fingerprint density at radius 3 is 2.26 bits per heavy atom. The zero-order chi connectivity index (χ0) is 25.1. The third-order valence-electron chi connectivity index (χ3n) is 6.89. The largest absolute Gasteiger partial charge is 0.411 e. The predicted molar refractivity (Wildman–Crippen MR) is 114 cm³/mol. The van der Waals surface area contributed by atoms with E-state index >= 15 is 0 Å². The number of nitrogens with zero attached hydrogens (tertiary/aromatic N) is 1. The monoisotopic (exact) mass is 493 g/mol. The van der Waals surface area contributed by atoms with Crippen LogP contribution in [0.1, 0.15) is 57.4 Å². The lowest BCUT2D eigenvalue weighted by atomic mass is 9.66. The Balaban J connectivity index is 0.000000215. The lowest BCUT2D eigenvalue weighted by molar-refractivity contribution is -0.171. The van der Waals surface area contributed by atoms with Crippen molar-refractivity contribution in [1.29, 1.82) is 0 Å². The van der Waals surface area contributed by atoms with Gasteiger partial charge in [0, 0.05) is 24.3 Å². The van der Waals surface area contributed by atoms with E-state index in [1.807, 2.05) is 4.90 Å². The van der Waals surface area contributed by atoms with Gasteiger partial charge in [0.05, 0.1) is 6.54 Å². The molecular weight excluding hydrogens is 464 g/mol. The Kier molecular flexibility index (Phi) is 7.84. The van der Waals surface area contributed by atoms with Crippen molar-refractivity contribution in [3.63, 3.8) is 0 Å². The average Bonchev–Trinajstić information content (AvgIpc) is 3.49. The topological polar surface area (TPSA) is 61.4 Å². The first-order valence-corrected chi connectivity index (χ1v) is 11.3. The van der Waals surface area contributed by atoms with E-state index < -0.39 is 35.4 Å². The van der Waals surface area contributed by atoms with Crippen molar-refractivity contribution < 1.29 is 35.9 Å². The summed E-state index contributed by atoms with van der Waals surface area (Å²) in [6, 6.07) is 2.70. The molecule has 3 aliphatic rings. The van der Waals surface area contributed by atoms with Crippen LogP contribution in [-0.4, -0.2) is 48.6 Å². The van der Waals surface area contributed by atoms with Crippen LogP contribution in [0.25, 0.3) is 0 Å². The summed E-state index contributed by atoms with van der Waals surface area (Å²) in [5.74, 6) is -0.500. The molecule has 2 N–H and O–H groups in total. The number of alkyl halides is 5. The van der Waals surface area contributed by atoms with Gasteiger partial charge < -0.3 is 10.6 Å². The maximum Gasteiger partial charge on any atom is 0.411 e. The van der Waals surface area contributed by atoms with E-state index in [0.717, 1.165) is 37.2 Å². The second-order valence-electron chi connectivity index (χ2n) is 9.79. The second kappa shape index (κ2) is 10.1. The molecule has 3 fully saturated rings. The molecule has 0 atom stereocenters. The molecule has 0 unspecified atom stereocenters. The van der Waals surface area contributed by atoms with E-state index in [1.54, 1.807) is 0 Å². The molecule has 0 radical (unpaired) electrons. The van der Waals surface area contributed by atoms with Crippen LogP contribution < -0.4 is 10.6 Å². The minimum Gasteiger partial charge on any atom is -0.341 e. The number of hydrogen-bond donors (Lipinski definition) is 2. The normalized spacial score (nSPS) is 21.3. The van der Waals surface area contributed by atoms with Gasteiger partial charge in [-0.3, -0.25) is 14.5 Å². The van der Waals surface area contributed by atoms with Crippen LogP contribution in [0, 0.1) is 17.2 Å². The number of anilines is 1. The molecule has 1 aromatic carbocycles. The molecule has 2 aliphatic carbocycles. The number of hydrogen-bond acceptors (Lipinski definition) is 3.